The van der Waals surface area contributed by atoms with Crippen LogP contribution in [0.3, 0.4) is 0 Å². The van der Waals surface area contributed by atoms with Crippen molar-refractivity contribution in [3.63, 3.8) is 0 Å². The summed E-state index contributed by atoms with van der Waals surface area (Å²) >= 11 is 1.18. The van der Waals surface area contributed by atoms with Crippen LogP contribution >= 0.6 is 11.3 Å². The molecule has 28 heavy (non-hydrogen) atoms. The van der Waals surface area contributed by atoms with Crippen LogP contribution in [0.4, 0.5) is 4.79 Å². The number of hydrogen-bond donors (Lipinski definition) is 2. The molecule has 1 fully saturated rings. The zero-order chi connectivity index (χ0) is 20.1. The Labute approximate surface area is 169 Å². The van der Waals surface area contributed by atoms with E-state index in [2.05, 4.69) is 10.6 Å². The summed E-state index contributed by atoms with van der Waals surface area (Å²) in [5.41, 5.74) is 2.18. The molecule has 2 N–H and O–H groups in total. The van der Waals surface area contributed by atoms with Gasteiger partial charge >= 0.3 is 6.03 Å². The number of sulfonamides is 1. The van der Waals surface area contributed by atoms with Crippen LogP contribution < -0.4 is 10.6 Å². The Morgan fingerprint density at radius 3 is 2.64 bits per heavy atom. The molecule has 3 rings (SSSR count). The van der Waals surface area contributed by atoms with E-state index in [4.69, 9.17) is 4.74 Å². The number of hydrogen-bond acceptors (Lipinski definition) is 5. The Morgan fingerprint density at radius 2 is 1.93 bits per heavy atom. The molecule has 152 valence electrons. The molecular formula is C19H25N3O4S2. The van der Waals surface area contributed by atoms with E-state index in [0.717, 1.165) is 16.0 Å². The van der Waals surface area contributed by atoms with Gasteiger partial charge in [0.15, 0.2) is 0 Å². The zero-order valence-corrected chi connectivity index (χ0v) is 17.6. The first-order valence-corrected chi connectivity index (χ1v) is 11.4. The second kappa shape index (κ2) is 9.04. The Hall–Kier alpha value is -1.94. The molecule has 0 saturated carbocycles. The average Bonchev–Trinajstić information content (AvgIpc) is 3.17. The van der Waals surface area contributed by atoms with E-state index in [0.29, 0.717) is 30.5 Å². The second-order valence-corrected chi connectivity index (χ2v) is 9.98. The van der Waals surface area contributed by atoms with Crippen molar-refractivity contribution in [2.45, 2.75) is 30.6 Å². The first-order chi connectivity index (χ1) is 13.4. The van der Waals surface area contributed by atoms with Crippen molar-refractivity contribution >= 4 is 27.4 Å². The SMILES string of the molecule is Cc1ccccc1C(C)NC(=O)NCc1ccc(S(=O)(=O)N2CCOCC2)s1. The lowest BCUT2D eigenvalue weighted by atomic mass is 10.0. The lowest BCUT2D eigenvalue weighted by molar-refractivity contribution is 0.0731. The molecule has 1 aliphatic heterocycles. The number of carbonyl (C=O) groups is 1. The van der Waals surface area contributed by atoms with E-state index in [-0.39, 0.29) is 18.6 Å². The van der Waals surface area contributed by atoms with Crippen molar-refractivity contribution in [2.24, 2.45) is 0 Å². The summed E-state index contributed by atoms with van der Waals surface area (Å²) in [4.78, 5) is 13.0. The van der Waals surface area contributed by atoms with Gasteiger partial charge in [-0.15, -0.1) is 11.3 Å². The van der Waals surface area contributed by atoms with E-state index in [1.54, 1.807) is 12.1 Å². The van der Waals surface area contributed by atoms with E-state index >= 15 is 0 Å². The number of amides is 2. The molecule has 7 nitrogen and oxygen atoms in total. The average molecular weight is 424 g/mol. The molecule has 1 saturated heterocycles. The minimum atomic E-state index is -3.50. The number of nitrogens with zero attached hydrogens (tertiary/aromatic N) is 1. The first-order valence-electron chi connectivity index (χ1n) is 9.14. The third-order valence-electron chi connectivity index (χ3n) is 4.63. The van der Waals surface area contributed by atoms with Gasteiger partial charge in [-0.1, -0.05) is 24.3 Å². The highest BCUT2D eigenvalue weighted by Crippen LogP contribution is 2.25. The molecule has 9 heteroatoms. The summed E-state index contributed by atoms with van der Waals surface area (Å²) in [5.74, 6) is 0. The van der Waals surface area contributed by atoms with Crippen LogP contribution in [0.1, 0.15) is 29.0 Å². The summed E-state index contributed by atoms with van der Waals surface area (Å²) in [6.45, 7) is 5.78. The number of thiophene rings is 1. The first kappa shape index (κ1) is 20.8. The molecule has 1 aromatic heterocycles. The maximum Gasteiger partial charge on any atom is 0.315 e. The summed E-state index contributed by atoms with van der Waals surface area (Å²) in [7, 11) is -3.50. The van der Waals surface area contributed by atoms with Gasteiger partial charge in [0.2, 0.25) is 0 Å². The fourth-order valence-electron chi connectivity index (χ4n) is 3.07. The molecular weight excluding hydrogens is 398 g/mol. The van der Waals surface area contributed by atoms with Gasteiger partial charge in [0, 0.05) is 18.0 Å². The maximum atomic E-state index is 12.7. The number of aryl methyl sites for hydroxylation is 1. The van der Waals surface area contributed by atoms with E-state index in [1.807, 2.05) is 38.1 Å². The number of ether oxygens (including phenoxy) is 1. The quantitative estimate of drug-likeness (QED) is 0.748. The molecule has 0 spiro atoms. The van der Waals surface area contributed by atoms with Crippen molar-refractivity contribution in [2.75, 3.05) is 26.3 Å². The van der Waals surface area contributed by atoms with Crippen molar-refractivity contribution in [1.82, 2.24) is 14.9 Å². The van der Waals surface area contributed by atoms with Crippen LogP contribution in [0.15, 0.2) is 40.6 Å². The number of nitrogens with one attached hydrogen (secondary N) is 2. The van der Waals surface area contributed by atoms with Gasteiger partial charge < -0.3 is 15.4 Å². The third kappa shape index (κ3) is 4.91. The molecule has 0 radical (unpaired) electrons. The smallest absolute Gasteiger partial charge is 0.315 e. The number of rotatable bonds is 6. The number of benzene rings is 1. The number of urea groups is 1. The van der Waals surface area contributed by atoms with Crippen LogP contribution in [-0.4, -0.2) is 45.1 Å². The highest BCUT2D eigenvalue weighted by Gasteiger charge is 2.27. The van der Waals surface area contributed by atoms with Crippen molar-refractivity contribution in [1.29, 1.82) is 0 Å². The van der Waals surface area contributed by atoms with Gasteiger partial charge in [-0.25, -0.2) is 13.2 Å². The monoisotopic (exact) mass is 423 g/mol. The lowest BCUT2D eigenvalue weighted by Crippen LogP contribution is -2.40. The standard InChI is InChI=1S/C19H25N3O4S2/c1-14-5-3-4-6-17(14)15(2)21-19(23)20-13-16-7-8-18(27-16)28(24,25)22-9-11-26-12-10-22/h3-8,15H,9-13H2,1-2H3,(H2,20,21,23). The molecule has 1 unspecified atom stereocenters. The fraction of sp³-hybridized carbons (Fsp3) is 0.421. The summed E-state index contributed by atoms with van der Waals surface area (Å²) in [6.07, 6.45) is 0. The van der Waals surface area contributed by atoms with Gasteiger partial charge in [-0.3, -0.25) is 0 Å². The zero-order valence-electron chi connectivity index (χ0n) is 16.0. The third-order valence-corrected chi connectivity index (χ3v) is 8.08. The normalized spacial score (nSPS) is 16.5. The Morgan fingerprint density at radius 1 is 1.21 bits per heavy atom. The van der Waals surface area contributed by atoms with E-state index in [9.17, 15) is 13.2 Å². The van der Waals surface area contributed by atoms with E-state index in [1.165, 1.54) is 15.6 Å². The van der Waals surface area contributed by atoms with Gasteiger partial charge in [0.05, 0.1) is 25.8 Å². The number of carbonyl (C=O) groups excluding carboxylic acids is 1. The van der Waals surface area contributed by atoms with Gasteiger partial charge in [0.25, 0.3) is 10.0 Å². The van der Waals surface area contributed by atoms with Crippen molar-refractivity contribution in [3.8, 4) is 0 Å². The van der Waals surface area contributed by atoms with Crippen molar-refractivity contribution in [3.05, 3.63) is 52.4 Å². The van der Waals surface area contributed by atoms with Crippen LogP contribution in [0.2, 0.25) is 0 Å². The minimum Gasteiger partial charge on any atom is -0.379 e. The molecule has 2 heterocycles. The Balaban J connectivity index is 1.55. The molecule has 0 bridgehead atoms. The van der Waals surface area contributed by atoms with Crippen LogP contribution in [0.25, 0.3) is 0 Å². The molecule has 1 atom stereocenters. The highest BCUT2D eigenvalue weighted by atomic mass is 32.2. The van der Waals surface area contributed by atoms with Gasteiger partial charge in [-0.2, -0.15) is 4.31 Å². The molecule has 0 aliphatic carbocycles. The van der Waals surface area contributed by atoms with Crippen molar-refractivity contribution < 1.29 is 17.9 Å². The van der Waals surface area contributed by atoms with Crippen LogP contribution in [0.5, 0.6) is 0 Å². The molecule has 2 aromatic rings. The second-order valence-electron chi connectivity index (χ2n) is 6.64. The van der Waals surface area contributed by atoms with Crippen LogP contribution in [0, 0.1) is 6.92 Å². The lowest BCUT2D eigenvalue weighted by Gasteiger charge is -2.25. The topological polar surface area (TPSA) is 87.7 Å². The van der Waals surface area contributed by atoms with Crippen LogP contribution in [-0.2, 0) is 21.3 Å². The fourth-order valence-corrected chi connectivity index (χ4v) is 5.93. The Bertz CT molecular complexity index is 921. The number of morpholine rings is 1. The molecule has 2 amide bonds. The largest absolute Gasteiger partial charge is 0.379 e. The predicted octanol–water partition coefficient (Wildman–Crippen LogP) is 2.64. The predicted molar refractivity (Wildman–Crippen MR) is 109 cm³/mol. The minimum absolute atomic E-state index is 0.123. The highest BCUT2D eigenvalue weighted by molar-refractivity contribution is 7.91. The van der Waals surface area contributed by atoms with Gasteiger partial charge in [0.1, 0.15) is 4.21 Å². The summed E-state index contributed by atoms with van der Waals surface area (Å²) in [6, 6.07) is 10.8. The van der Waals surface area contributed by atoms with Gasteiger partial charge in [-0.05, 0) is 37.1 Å². The van der Waals surface area contributed by atoms with E-state index < -0.39 is 10.0 Å². The summed E-state index contributed by atoms with van der Waals surface area (Å²) < 4.78 is 32.3. The molecule has 1 aliphatic rings. The molecule has 1 aromatic carbocycles. The summed E-state index contributed by atoms with van der Waals surface area (Å²) in [5, 5.41) is 5.71. The maximum absolute atomic E-state index is 12.7. The Kier molecular flexibility index (Phi) is 6.71.